The summed E-state index contributed by atoms with van der Waals surface area (Å²) in [5, 5.41) is 12.5. The van der Waals surface area contributed by atoms with Gasteiger partial charge in [-0.2, -0.15) is 0 Å². The monoisotopic (exact) mass is 494 g/mol. The lowest BCUT2D eigenvalue weighted by atomic mass is 10.2. The lowest BCUT2D eigenvalue weighted by Gasteiger charge is -2.13. The summed E-state index contributed by atoms with van der Waals surface area (Å²) in [7, 11) is 1.62. The highest BCUT2D eigenvalue weighted by atomic mass is 35.5. The van der Waals surface area contributed by atoms with Crippen LogP contribution in [0.15, 0.2) is 78.0 Å². The number of ether oxygens (including phenoxy) is 2. The second kappa shape index (κ2) is 11.1. The molecular formula is C25H23ClN4O3S. The molecule has 7 nitrogen and oxygen atoms in total. The van der Waals surface area contributed by atoms with Crippen molar-refractivity contribution in [3.63, 3.8) is 0 Å². The molecule has 4 rings (SSSR count). The molecule has 1 N–H and O–H groups in total. The van der Waals surface area contributed by atoms with Crippen LogP contribution in [0, 0.1) is 6.92 Å². The van der Waals surface area contributed by atoms with Crippen LogP contribution in [0.5, 0.6) is 11.5 Å². The molecule has 0 saturated heterocycles. The number of nitrogens with zero attached hydrogens (tertiary/aromatic N) is 3. The van der Waals surface area contributed by atoms with E-state index in [0.717, 1.165) is 22.7 Å². The second-order valence-corrected chi connectivity index (χ2v) is 8.65. The Kier molecular flexibility index (Phi) is 7.72. The van der Waals surface area contributed by atoms with Crippen molar-refractivity contribution in [2.75, 3.05) is 18.2 Å². The normalized spacial score (nSPS) is 10.7. The van der Waals surface area contributed by atoms with E-state index in [1.165, 1.54) is 11.8 Å². The van der Waals surface area contributed by atoms with Crippen LogP contribution < -0.4 is 14.8 Å². The number of rotatable bonds is 9. The van der Waals surface area contributed by atoms with Crippen LogP contribution in [0.2, 0.25) is 5.02 Å². The SMILES string of the molecule is COc1ccc(-n2c(COc3ccccc3C)nnc2SCC(=O)Nc2ccccc2Cl)cc1. The molecule has 4 aromatic rings. The van der Waals surface area contributed by atoms with Crippen LogP contribution >= 0.6 is 23.4 Å². The predicted molar refractivity (Wildman–Crippen MR) is 134 cm³/mol. The third-order valence-electron chi connectivity index (χ3n) is 4.96. The Morgan fingerprint density at radius 1 is 1.03 bits per heavy atom. The van der Waals surface area contributed by atoms with Crippen molar-refractivity contribution in [2.45, 2.75) is 18.7 Å². The van der Waals surface area contributed by atoms with Gasteiger partial charge in [0.15, 0.2) is 11.0 Å². The Morgan fingerprint density at radius 3 is 2.50 bits per heavy atom. The van der Waals surface area contributed by atoms with Crippen molar-refractivity contribution < 1.29 is 14.3 Å². The van der Waals surface area contributed by atoms with E-state index in [4.69, 9.17) is 21.1 Å². The van der Waals surface area contributed by atoms with Crippen LogP contribution in [-0.2, 0) is 11.4 Å². The van der Waals surface area contributed by atoms with E-state index >= 15 is 0 Å². The lowest BCUT2D eigenvalue weighted by Crippen LogP contribution is -2.15. The number of carbonyl (C=O) groups is 1. The smallest absolute Gasteiger partial charge is 0.234 e. The molecule has 1 aromatic heterocycles. The molecule has 0 aliphatic carbocycles. The molecule has 0 unspecified atom stereocenters. The van der Waals surface area contributed by atoms with E-state index in [9.17, 15) is 4.79 Å². The molecule has 9 heteroatoms. The lowest BCUT2D eigenvalue weighted by molar-refractivity contribution is -0.113. The van der Waals surface area contributed by atoms with Crippen molar-refractivity contribution in [2.24, 2.45) is 0 Å². The van der Waals surface area contributed by atoms with Gasteiger partial charge < -0.3 is 14.8 Å². The molecule has 0 aliphatic heterocycles. The van der Waals surface area contributed by atoms with Crippen LogP contribution in [0.1, 0.15) is 11.4 Å². The molecule has 0 fully saturated rings. The first-order valence-corrected chi connectivity index (χ1v) is 11.9. The number of para-hydroxylation sites is 2. The van der Waals surface area contributed by atoms with E-state index in [1.807, 2.05) is 72.2 Å². The van der Waals surface area contributed by atoms with Gasteiger partial charge in [0.25, 0.3) is 0 Å². The number of thioether (sulfide) groups is 1. The summed E-state index contributed by atoms with van der Waals surface area (Å²) < 4.78 is 13.2. The molecule has 0 spiro atoms. The third kappa shape index (κ3) is 5.70. The zero-order valence-corrected chi connectivity index (χ0v) is 20.3. The molecule has 174 valence electrons. The molecule has 34 heavy (non-hydrogen) atoms. The highest BCUT2D eigenvalue weighted by Crippen LogP contribution is 2.26. The molecule has 0 bridgehead atoms. The number of aryl methyl sites for hydroxylation is 1. The van der Waals surface area contributed by atoms with Gasteiger partial charge in [-0.25, -0.2) is 0 Å². The van der Waals surface area contributed by atoms with Gasteiger partial charge in [0.1, 0.15) is 18.1 Å². The quantitative estimate of drug-likeness (QED) is 0.307. The highest BCUT2D eigenvalue weighted by Gasteiger charge is 2.17. The fraction of sp³-hybridized carbons (Fsp3) is 0.160. The number of hydrogen-bond acceptors (Lipinski definition) is 6. The number of aromatic nitrogens is 3. The fourth-order valence-corrected chi connectivity index (χ4v) is 4.17. The molecule has 0 saturated carbocycles. The Labute approximate surface area is 207 Å². The zero-order valence-electron chi connectivity index (χ0n) is 18.7. The van der Waals surface area contributed by atoms with Gasteiger partial charge in [-0.05, 0) is 55.0 Å². The molecule has 1 heterocycles. The maximum atomic E-state index is 12.5. The first-order valence-electron chi connectivity index (χ1n) is 10.5. The molecule has 3 aromatic carbocycles. The standard InChI is InChI=1S/C25H23ClN4O3S/c1-17-7-3-6-10-22(17)33-15-23-28-29-25(30(23)18-11-13-19(32-2)14-12-18)34-16-24(31)27-21-9-5-4-8-20(21)26/h3-14H,15-16H2,1-2H3,(H,27,31). The van der Waals surface area contributed by atoms with Crippen molar-refractivity contribution in [3.05, 3.63) is 89.2 Å². The maximum absolute atomic E-state index is 12.5. The van der Waals surface area contributed by atoms with E-state index in [2.05, 4.69) is 15.5 Å². The average molecular weight is 495 g/mol. The van der Waals surface area contributed by atoms with E-state index in [1.54, 1.807) is 19.2 Å². The van der Waals surface area contributed by atoms with E-state index in [0.29, 0.717) is 21.7 Å². The topological polar surface area (TPSA) is 78.3 Å². The second-order valence-electron chi connectivity index (χ2n) is 7.30. The molecule has 0 atom stereocenters. The zero-order chi connectivity index (χ0) is 23.9. The molecular weight excluding hydrogens is 472 g/mol. The molecule has 1 amide bonds. The van der Waals surface area contributed by atoms with Gasteiger partial charge in [0.2, 0.25) is 5.91 Å². The number of halogens is 1. The van der Waals surface area contributed by atoms with E-state index in [-0.39, 0.29) is 18.3 Å². The molecule has 0 aliphatic rings. The average Bonchev–Trinajstić information content (AvgIpc) is 3.26. The summed E-state index contributed by atoms with van der Waals surface area (Å²) in [5.74, 6) is 2.07. The predicted octanol–water partition coefficient (Wildman–Crippen LogP) is 5.55. The Hall–Kier alpha value is -3.49. The summed E-state index contributed by atoms with van der Waals surface area (Å²) in [6.45, 7) is 2.21. The Morgan fingerprint density at radius 2 is 1.76 bits per heavy atom. The van der Waals surface area contributed by atoms with Gasteiger partial charge in [-0.3, -0.25) is 9.36 Å². The minimum absolute atomic E-state index is 0.137. The molecule has 0 radical (unpaired) electrons. The van der Waals surface area contributed by atoms with Crippen LogP contribution in [0.3, 0.4) is 0 Å². The van der Waals surface area contributed by atoms with Gasteiger partial charge in [-0.15, -0.1) is 10.2 Å². The van der Waals surface area contributed by atoms with Gasteiger partial charge >= 0.3 is 0 Å². The largest absolute Gasteiger partial charge is 0.497 e. The number of benzene rings is 3. The van der Waals surface area contributed by atoms with E-state index < -0.39 is 0 Å². The van der Waals surface area contributed by atoms with Gasteiger partial charge in [0, 0.05) is 5.69 Å². The van der Waals surface area contributed by atoms with Gasteiger partial charge in [-0.1, -0.05) is 53.7 Å². The first-order chi connectivity index (χ1) is 16.5. The number of hydrogen-bond donors (Lipinski definition) is 1. The van der Waals surface area contributed by atoms with Crippen LogP contribution in [-0.4, -0.2) is 33.5 Å². The van der Waals surface area contributed by atoms with Gasteiger partial charge in [0.05, 0.1) is 23.6 Å². The van der Waals surface area contributed by atoms with Crippen molar-refractivity contribution in [3.8, 4) is 17.2 Å². The maximum Gasteiger partial charge on any atom is 0.234 e. The Bertz CT molecular complexity index is 1280. The number of amides is 1. The Balaban J connectivity index is 1.54. The fourth-order valence-electron chi connectivity index (χ4n) is 3.22. The number of nitrogens with one attached hydrogen (secondary N) is 1. The van der Waals surface area contributed by atoms with Crippen LogP contribution in [0.4, 0.5) is 5.69 Å². The van der Waals surface area contributed by atoms with Crippen LogP contribution in [0.25, 0.3) is 5.69 Å². The first kappa shape index (κ1) is 23.7. The number of methoxy groups -OCH3 is 1. The number of anilines is 1. The summed E-state index contributed by atoms with van der Waals surface area (Å²) >= 11 is 7.42. The summed E-state index contributed by atoms with van der Waals surface area (Å²) in [5.41, 5.74) is 2.44. The highest BCUT2D eigenvalue weighted by molar-refractivity contribution is 7.99. The van der Waals surface area contributed by atoms with Crippen molar-refractivity contribution in [1.82, 2.24) is 14.8 Å². The summed E-state index contributed by atoms with van der Waals surface area (Å²) in [6, 6.07) is 22.4. The number of carbonyl (C=O) groups excluding carboxylic acids is 1. The summed E-state index contributed by atoms with van der Waals surface area (Å²) in [4.78, 5) is 12.5. The third-order valence-corrected chi connectivity index (χ3v) is 6.22. The minimum Gasteiger partial charge on any atom is -0.497 e. The minimum atomic E-state index is -0.194. The summed E-state index contributed by atoms with van der Waals surface area (Å²) in [6.07, 6.45) is 0. The van der Waals surface area contributed by atoms with Crippen molar-refractivity contribution in [1.29, 1.82) is 0 Å². The van der Waals surface area contributed by atoms with Crippen molar-refractivity contribution >= 4 is 35.0 Å².